The monoisotopic (exact) mass is 440 g/mol. The molecule has 0 radical (unpaired) electrons. The first-order chi connectivity index (χ1) is 16.1. The van der Waals surface area contributed by atoms with Gasteiger partial charge in [-0.2, -0.15) is 5.26 Å². The molecule has 0 unspecified atom stereocenters. The minimum Gasteiger partial charge on any atom is -0.493 e. The maximum Gasteiger partial charge on any atom is 0.348 e. The highest BCUT2D eigenvalue weighted by Crippen LogP contribution is 2.35. The molecule has 0 saturated heterocycles. The summed E-state index contributed by atoms with van der Waals surface area (Å²) >= 11 is 0. The molecule has 162 valence electrons. The van der Waals surface area contributed by atoms with Gasteiger partial charge in [-0.15, -0.1) is 0 Å². The maximum atomic E-state index is 12.4. The molecule has 0 saturated carbocycles. The van der Waals surface area contributed by atoms with E-state index < -0.39 is 5.69 Å². The first-order valence-corrected chi connectivity index (χ1v) is 9.88. The van der Waals surface area contributed by atoms with Crippen molar-refractivity contribution in [3.63, 3.8) is 0 Å². The van der Waals surface area contributed by atoms with E-state index in [4.69, 9.17) is 18.3 Å². The third-order valence-corrected chi connectivity index (χ3v) is 4.96. The number of aromatic nitrogens is 3. The number of furan rings is 1. The van der Waals surface area contributed by atoms with E-state index in [1.54, 1.807) is 49.7 Å². The molecule has 5 rings (SSSR count). The second kappa shape index (κ2) is 8.36. The van der Waals surface area contributed by atoms with Crippen LogP contribution in [0.25, 0.3) is 22.2 Å². The summed E-state index contributed by atoms with van der Waals surface area (Å²) in [6.07, 6.45) is 6.14. The zero-order valence-electron chi connectivity index (χ0n) is 17.4. The topological polar surface area (TPSA) is 116 Å². The normalized spacial score (nSPS) is 10.8. The Balaban J connectivity index is 1.49. The highest BCUT2D eigenvalue weighted by molar-refractivity contribution is 5.79. The van der Waals surface area contributed by atoms with Crippen LogP contribution in [0.15, 0.2) is 81.0 Å². The van der Waals surface area contributed by atoms with Crippen molar-refractivity contribution >= 4 is 11.1 Å². The minimum absolute atomic E-state index is 0.0632. The molecule has 0 fully saturated rings. The van der Waals surface area contributed by atoms with Crippen molar-refractivity contribution in [2.75, 3.05) is 7.11 Å². The number of benzene rings is 2. The Labute approximate surface area is 187 Å². The molecule has 2 aromatic carbocycles. The number of para-hydroxylation sites is 1. The Hall–Kier alpha value is -4.84. The zero-order valence-corrected chi connectivity index (χ0v) is 17.4. The van der Waals surface area contributed by atoms with Gasteiger partial charge in [0.2, 0.25) is 5.89 Å². The van der Waals surface area contributed by atoms with Crippen LogP contribution in [0, 0.1) is 11.3 Å². The van der Waals surface area contributed by atoms with Crippen LogP contribution in [0.5, 0.6) is 17.2 Å². The fourth-order valence-electron chi connectivity index (χ4n) is 3.39. The molecular formula is C24H16N4O5. The van der Waals surface area contributed by atoms with Crippen LogP contribution in [-0.2, 0) is 6.54 Å². The van der Waals surface area contributed by atoms with Crippen LogP contribution >= 0.6 is 0 Å². The predicted octanol–water partition coefficient (Wildman–Crippen LogP) is 4.37. The van der Waals surface area contributed by atoms with Gasteiger partial charge in [0.1, 0.15) is 24.4 Å². The second-order valence-corrected chi connectivity index (χ2v) is 7.05. The highest BCUT2D eigenvalue weighted by Gasteiger charge is 2.13. The fraction of sp³-hybridized carbons (Fsp3) is 0.0833. The minimum atomic E-state index is -0.454. The molecular weight excluding hydrogens is 424 g/mol. The lowest BCUT2D eigenvalue weighted by Gasteiger charge is -2.11. The van der Waals surface area contributed by atoms with Crippen molar-refractivity contribution in [1.29, 1.82) is 5.26 Å². The lowest BCUT2D eigenvalue weighted by molar-refractivity contribution is 0.377. The van der Waals surface area contributed by atoms with E-state index in [9.17, 15) is 10.1 Å². The molecule has 0 aliphatic rings. The fourth-order valence-corrected chi connectivity index (χ4v) is 3.39. The number of ether oxygens (including phenoxy) is 2. The van der Waals surface area contributed by atoms with E-state index in [1.165, 1.54) is 23.3 Å². The molecule has 0 atom stereocenters. The standard InChI is InChI=1S/C24H16N4O5/c1-30-19-6-5-15(9-21(19)32-18-7-8-31-14-18)17-11-26-24(29)28(12-17)13-22-27-23-16(10-25)3-2-4-20(23)33-22/h2-9,11-12,14H,13H2,1H3. The van der Waals surface area contributed by atoms with E-state index >= 15 is 0 Å². The Morgan fingerprint density at radius 2 is 2.06 bits per heavy atom. The highest BCUT2D eigenvalue weighted by atomic mass is 16.5. The molecule has 0 N–H and O–H groups in total. The summed E-state index contributed by atoms with van der Waals surface area (Å²) in [6.45, 7) is 0.0632. The van der Waals surface area contributed by atoms with Crippen LogP contribution in [0.1, 0.15) is 11.5 Å². The second-order valence-electron chi connectivity index (χ2n) is 7.05. The average molecular weight is 440 g/mol. The molecule has 0 amide bonds. The Morgan fingerprint density at radius 3 is 2.85 bits per heavy atom. The predicted molar refractivity (Wildman–Crippen MR) is 117 cm³/mol. The van der Waals surface area contributed by atoms with E-state index in [1.807, 2.05) is 6.07 Å². The molecule has 9 heteroatoms. The Morgan fingerprint density at radius 1 is 1.15 bits per heavy atom. The lowest BCUT2D eigenvalue weighted by atomic mass is 10.1. The van der Waals surface area contributed by atoms with Gasteiger partial charge in [-0.1, -0.05) is 12.1 Å². The van der Waals surface area contributed by atoms with E-state index in [-0.39, 0.29) is 6.54 Å². The third kappa shape index (κ3) is 3.93. The Bertz CT molecular complexity index is 1540. The van der Waals surface area contributed by atoms with E-state index in [0.717, 1.165) is 5.56 Å². The first-order valence-electron chi connectivity index (χ1n) is 9.88. The summed E-state index contributed by atoms with van der Waals surface area (Å²) in [5, 5.41) is 9.26. The molecule has 5 aromatic rings. The van der Waals surface area contributed by atoms with Crippen LogP contribution in [0.3, 0.4) is 0 Å². The lowest BCUT2D eigenvalue weighted by Crippen LogP contribution is -2.22. The van der Waals surface area contributed by atoms with Gasteiger partial charge in [0.15, 0.2) is 22.8 Å². The number of fused-ring (bicyclic) bond motifs is 1. The number of nitrogens with zero attached hydrogens (tertiary/aromatic N) is 4. The number of oxazole rings is 1. The van der Waals surface area contributed by atoms with Gasteiger partial charge < -0.3 is 18.3 Å². The first kappa shape index (κ1) is 20.1. The van der Waals surface area contributed by atoms with Crippen molar-refractivity contribution in [2.24, 2.45) is 0 Å². The molecule has 3 aromatic heterocycles. The number of rotatable bonds is 6. The summed E-state index contributed by atoms with van der Waals surface area (Å²) in [7, 11) is 1.55. The Kier molecular flexibility index (Phi) is 5.09. The summed E-state index contributed by atoms with van der Waals surface area (Å²) in [4.78, 5) is 20.8. The summed E-state index contributed by atoms with van der Waals surface area (Å²) in [5.74, 6) is 1.85. The number of hydrogen-bond acceptors (Lipinski definition) is 8. The molecule has 33 heavy (non-hydrogen) atoms. The van der Waals surface area contributed by atoms with Crippen LogP contribution in [0.2, 0.25) is 0 Å². The summed E-state index contributed by atoms with van der Waals surface area (Å²) < 4.78 is 23.4. The van der Waals surface area contributed by atoms with Crippen molar-refractivity contribution in [1.82, 2.24) is 14.5 Å². The molecule has 0 aliphatic carbocycles. The van der Waals surface area contributed by atoms with Crippen LogP contribution in [0.4, 0.5) is 0 Å². The number of nitriles is 1. The quantitative estimate of drug-likeness (QED) is 0.382. The van der Waals surface area contributed by atoms with Gasteiger partial charge in [0, 0.05) is 24.0 Å². The molecule has 0 bridgehead atoms. The van der Waals surface area contributed by atoms with Gasteiger partial charge in [-0.3, -0.25) is 4.57 Å². The maximum absolute atomic E-state index is 12.4. The molecule has 9 nitrogen and oxygen atoms in total. The smallest absolute Gasteiger partial charge is 0.348 e. The zero-order chi connectivity index (χ0) is 22.8. The molecule has 0 aliphatic heterocycles. The van der Waals surface area contributed by atoms with E-state index in [0.29, 0.717) is 45.4 Å². The average Bonchev–Trinajstić information content (AvgIpc) is 3.49. The molecule has 3 heterocycles. The van der Waals surface area contributed by atoms with Gasteiger partial charge in [-0.25, -0.2) is 14.8 Å². The summed E-state index contributed by atoms with van der Waals surface area (Å²) in [5.41, 5.74) is 2.35. The van der Waals surface area contributed by atoms with Crippen LogP contribution in [-0.4, -0.2) is 21.6 Å². The number of methoxy groups -OCH3 is 1. The van der Waals surface area contributed by atoms with Crippen molar-refractivity contribution in [3.05, 3.63) is 89.3 Å². The van der Waals surface area contributed by atoms with Crippen molar-refractivity contribution < 1.29 is 18.3 Å². The molecule has 0 spiro atoms. The summed E-state index contributed by atoms with van der Waals surface area (Å²) in [6, 6.07) is 14.3. The SMILES string of the molecule is COc1ccc(-c2cnc(=O)n(Cc3nc4c(C#N)cccc4o3)c2)cc1Oc1ccoc1. The largest absolute Gasteiger partial charge is 0.493 e. The van der Waals surface area contributed by atoms with Gasteiger partial charge in [-0.05, 0) is 29.8 Å². The van der Waals surface area contributed by atoms with Gasteiger partial charge in [0.05, 0.1) is 18.9 Å². The third-order valence-electron chi connectivity index (χ3n) is 4.96. The number of hydrogen-bond donors (Lipinski definition) is 0. The van der Waals surface area contributed by atoms with Crippen molar-refractivity contribution in [3.8, 4) is 34.4 Å². The van der Waals surface area contributed by atoms with Gasteiger partial charge >= 0.3 is 5.69 Å². The van der Waals surface area contributed by atoms with Crippen LogP contribution < -0.4 is 15.2 Å². The van der Waals surface area contributed by atoms with E-state index in [2.05, 4.69) is 16.0 Å². The van der Waals surface area contributed by atoms with Gasteiger partial charge in [0.25, 0.3) is 0 Å². The van der Waals surface area contributed by atoms with Crippen molar-refractivity contribution in [2.45, 2.75) is 6.54 Å².